The Morgan fingerprint density at radius 3 is 2.94 bits per heavy atom. The largest absolute Gasteiger partial charge is 0.309 e. The van der Waals surface area contributed by atoms with Gasteiger partial charge < -0.3 is 5.32 Å². The zero-order valence-electron chi connectivity index (χ0n) is 9.65. The van der Waals surface area contributed by atoms with Crippen molar-refractivity contribution in [2.24, 2.45) is 0 Å². The van der Waals surface area contributed by atoms with Crippen LogP contribution in [0.15, 0.2) is 27.6 Å². The van der Waals surface area contributed by atoms with E-state index in [1.165, 1.54) is 13.5 Å². The van der Waals surface area contributed by atoms with Gasteiger partial charge in [-0.05, 0) is 41.0 Å². The molecule has 0 saturated carbocycles. The number of thiophene rings is 1. The van der Waals surface area contributed by atoms with Gasteiger partial charge in [0.15, 0.2) is 0 Å². The van der Waals surface area contributed by atoms with Crippen molar-refractivity contribution >= 4 is 38.6 Å². The van der Waals surface area contributed by atoms with Crippen molar-refractivity contribution < 1.29 is 0 Å². The van der Waals surface area contributed by atoms with Gasteiger partial charge in [0, 0.05) is 28.4 Å². The maximum absolute atomic E-state index is 4.14. The third kappa shape index (κ3) is 3.88. The predicted octanol–water partition coefficient (Wildman–Crippen LogP) is 4.25. The van der Waals surface area contributed by atoms with Gasteiger partial charge in [-0.25, -0.2) is 0 Å². The second-order valence-corrected chi connectivity index (χ2v) is 7.29. The maximum Gasteiger partial charge on any atom is 0.0794 e. The third-order valence-electron chi connectivity index (χ3n) is 2.47. The summed E-state index contributed by atoms with van der Waals surface area (Å²) in [7, 11) is 0. The van der Waals surface area contributed by atoms with Crippen LogP contribution in [0.1, 0.15) is 29.1 Å². The highest BCUT2D eigenvalue weighted by Crippen LogP contribution is 2.29. The van der Waals surface area contributed by atoms with E-state index < -0.39 is 0 Å². The van der Waals surface area contributed by atoms with Gasteiger partial charge >= 0.3 is 0 Å². The predicted molar refractivity (Wildman–Crippen MR) is 78.9 cm³/mol. The Kier molecular flexibility index (Phi) is 5.16. The molecule has 0 aliphatic rings. The Balaban J connectivity index is 2.07. The Bertz CT molecular complexity index is 439. The Labute approximate surface area is 118 Å². The minimum Gasteiger partial charge on any atom is -0.309 e. The zero-order chi connectivity index (χ0) is 12.1. The summed E-state index contributed by atoms with van der Waals surface area (Å²) < 4.78 is 1.19. The normalized spacial score (nSPS) is 12.8. The molecule has 0 saturated heterocycles. The average molecular weight is 331 g/mol. The van der Waals surface area contributed by atoms with Crippen LogP contribution in [0.5, 0.6) is 0 Å². The number of thiazole rings is 1. The Morgan fingerprint density at radius 1 is 1.47 bits per heavy atom. The molecule has 0 amide bonds. The first-order valence-electron chi connectivity index (χ1n) is 5.65. The molecule has 1 atom stereocenters. The first kappa shape index (κ1) is 13.2. The van der Waals surface area contributed by atoms with E-state index in [2.05, 4.69) is 45.3 Å². The summed E-state index contributed by atoms with van der Waals surface area (Å²) in [6, 6.07) is 4.72. The standard InChI is InChI=1S/C12H15BrN2S2/c1-2-5-15-10(6-9-7-14-8-16-9)11-3-4-12(13)17-11/h3-4,7-8,10,15H,2,5-6H2,1H3. The lowest BCUT2D eigenvalue weighted by atomic mass is 10.1. The summed E-state index contributed by atoms with van der Waals surface area (Å²) in [6.07, 6.45) is 4.15. The Morgan fingerprint density at radius 2 is 2.35 bits per heavy atom. The second kappa shape index (κ2) is 6.64. The van der Waals surface area contributed by atoms with Gasteiger partial charge in [-0.15, -0.1) is 22.7 Å². The highest BCUT2D eigenvalue weighted by Gasteiger charge is 2.14. The number of hydrogen-bond donors (Lipinski definition) is 1. The van der Waals surface area contributed by atoms with Crippen LogP contribution < -0.4 is 5.32 Å². The van der Waals surface area contributed by atoms with Crippen molar-refractivity contribution in [2.45, 2.75) is 25.8 Å². The lowest BCUT2D eigenvalue weighted by Gasteiger charge is -2.15. The molecule has 92 valence electrons. The van der Waals surface area contributed by atoms with Gasteiger partial charge in [0.2, 0.25) is 0 Å². The van der Waals surface area contributed by atoms with Crippen molar-refractivity contribution in [3.63, 3.8) is 0 Å². The van der Waals surface area contributed by atoms with Crippen LogP contribution in [0.2, 0.25) is 0 Å². The lowest BCUT2D eigenvalue weighted by molar-refractivity contribution is 0.539. The number of halogens is 1. The molecule has 0 spiro atoms. The fourth-order valence-electron chi connectivity index (χ4n) is 1.65. The lowest BCUT2D eigenvalue weighted by Crippen LogP contribution is -2.22. The summed E-state index contributed by atoms with van der Waals surface area (Å²) in [5.74, 6) is 0. The molecular weight excluding hydrogens is 316 g/mol. The van der Waals surface area contributed by atoms with Crippen LogP contribution in [0.4, 0.5) is 0 Å². The summed E-state index contributed by atoms with van der Waals surface area (Å²) >= 11 is 7.06. The molecule has 0 radical (unpaired) electrons. The monoisotopic (exact) mass is 330 g/mol. The summed E-state index contributed by atoms with van der Waals surface area (Å²) in [5, 5.41) is 3.61. The van der Waals surface area contributed by atoms with E-state index in [0.717, 1.165) is 19.4 Å². The van der Waals surface area contributed by atoms with Crippen molar-refractivity contribution in [3.8, 4) is 0 Å². The molecule has 0 aliphatic carbocycles. The van der Waals surface area contributed by atoms with Crippen molar-refractivity contribution in [3.05, 3.63) is 37.4 Å². The van der Waals surface area contributed by atoms with E-state index in [1.54, 1.807) is 22.7 Å². The summed E-state index contributed by atoms with van der Waals surface area (Å²) in [5.41, 5.74) is 1.90. The fourth-order valence-corrected chi connectivity index (χ4v) is 3.79. The van der Waals surface area contributed by atoms with Crippen LogP contribution in [0, 0.1) is 0 Å². The highest BCUT2D eigenvalue weighted by atomic mass is 79.9. The smallest absolute Gasteiger partial charge is 0.0794 e. The molecule has 17 heavy (non-hydrogen) atoms. The van der Waals surface area contributed by atoms with Crippen LogP contribution in [-0.4, -0.2) is 11.5 Å². The van der Waals surface area contributed by atoms with Crippen LogP contribution in [0.3, 0.4) is 0 Å². The summed E-state index contributed by atoms with van der Waals surface area (Å²) in [4.78, 5) is 6.86. The van der Waals surface area contributed by atoms with Crippen molar-refractivity contribution in [1.82, 2.24) is 10.3 Å². The van der Waals surface area contributed by atoms with Crippen molar-refractivity contribution in [1.29, 1.82) is 0 Å². The van der Waals surface area contributed by atoms with Gasteiger partial charge in [-0.3, -0.25) is 4.98 Å². The minimum absolute atomic E-state index is 0.409. The number of rotatable bonds is 6. The average Bonchev–Trinajstić information content (AvgIpc) is 2.95. The summed E-state index contributed by atoms with van der Waals surface area (Å²) in [6.45, 7) is 3.25. The molecule has 0 aromatic carbocycles. The molecule has 0 aliphatic heterocycles. The molecule has 1 N–H and O–H groups in total. The van der Waals surface area contributed by atoms with E-state index in [-0.39, 0.29) is 0 Å². The number of hydrogen-bond acceptors (Lipinski definition) is 4. The number of nitrogens with one attached hydrogen (secondary N) is 1. The second-order valence-electron chi connectivity index (χ2n) is 3.82. The van der Waals surface area contributed by atoms with Crippen LogP contribution in [0.25, 0.3) is 0 Å². The topological polar surface area (TPSA) is 24.9 Å². The Hall–Kier alpha value is -0.230. The zero-order valence-corrected chi connectivity index (χ0v) is 12.9. The SMILES string of the molecule is CCCNC(Cc1cncs1)c1ccc(Br)s1. The maximum atomic E-state index is 4.14. The molecule has 0 fully saturated rings. The molecule has 0 bridgehead atoms. The number of nitrogens with zero attached hydrogens (tertiary/aromatic N) is 1. The molecule has 1 unspecified atom stereocenters. The van der Waals surface area contributed by atoms with Crippen LogP contribution in [-0.2, 0) is 6.42 Å². The quantitative estimate of drug-likeness (QED) is 0.856. The van der Waals surface area contributed by atoms with Crippen LogP contribution >= 0.6 is 38.6 Å². The first-order valence-corrected chi connectivity index (χ1v) is 8.14. The minimum atomic E-state index is 0.409. The van der Waals surface area contributed by atoms with E-state index in [4.69, 9.17) is 0 Å². The van der Waals surface area contributed by atoms with Gasteiger partial charge in [0.05, 0.1) is 9.30 Å². The fraction of sp³-hybridized carbons (Fsp3) is 0.417. The van der Waals surface area contributed by atoms with E-state index in [9.17, 15) is 0 Å². The molecule has 5 heteroatoms. The molecule has 2 aromatic rings. The van der Waals surface area contributed by atoms with Gasteiger partial charge in [0.25, 0.3) is 0 Å². The van der Waals surface area contributed by atoms with E-state index in [1.807, 2.05) is 11.7 Å². The highest BCUT2D eigenvalue weighted by molar-refractivity contribution is 9.11. The van der Waals surface area contributed by atoms with Gasteiger partial charge in [-0.1, -0.05) is 6.92 Å². The molecule has 2 aromatic heterocycles. The van der Waals surface area contributed by atoms with E-state index in [0.29, 0.717) is 6.04 Å². The van der Waals surface area contributed by atoms with Gasteiger partial charge in [0.1, 0.15) is 0 Å². The van der Waals surface area contributed by atoms with E-state index >= 15 is 0 Å². The first-order chi connectivity index (χ1) is 8.29. The number of aromatic nitrogens is 1. The molecular formula is C12H15BrN2S2. The van der Waals surface area contributed by atoms with Crippen molar-refractivity contribution in [2.75, 3.05) is 6.54 Å². The molecule has 2 nitrogen and oxygen atoms in total. The van der Waals surface area contributed by atoms with Gasteiger partial charge in [-0.2, -0.15) is 0 Å². The molecule has 2 heterocycles. The third-order valence-corrected chi connectivity index (χ3v) is 5.01. The molecule has 2 rings (SSSR count).